The van der Waals surface area contributed by atoms with Crippen molar-refractivity contribution in [1.82, 2.24) is 0 Å². The summed E-state index contributed by atoms with van der Waals surface area (Å²) in [5.41, 5.74) is 0.751. The summed E-state index contributed by atoms with van der Waals surface area (Å²) in [5, 5.41) is 0. The largest absolute Gasteiger partial charge is 0.509 e. The minimum atomic E-state index is -0.625. The van der Waals surface area contributed by atoms with Gasteiger partial charge < -0.3 is 18.9 Å². The van der Waals surface area contributed by atoms with Gasteiger partial charge in [-0.1, -0.05) is 5.57 Å². The van der Waals surface area contributed by atoms with Gasteiger partial charge in [0.2, 0.25) is 0 Å². The SMILES string of the molecule is C/C(=C\COC(=O)OC(C)(C)C)CC[C@H]1O[C@]1(C)CC[C@H]1OC1(C)C. The van der Waals surface area contributed by atoms with Gasteiger partial charge in [-0.3, -0.25) is 0 Å². The van der Waals surface area contributed by atoms with Gasteiger partial charge in [0.15, 0.2) is 0 Å². The predicted octanol–water partition coefficient (Wildman–Crippen LogP) is 4.78. The summed E-state index contributed by atoms with van der Waals surface area (Å²) < 4.78 is 21.7. The quantitative estimate of drug-likeness (QED) is 0.357. The molecule has 2 fully saturated rings. The molecule has 0 bridgehead atoms. The predicted molar refractivity (Wildman–Crippen MR) is 96.6 cm³/mol. The minimum absolute atomic E-state index is 0.00925. The van der Waals surface area contributed by atoms with E-state index in [-0.39, 0.29) is 17.8 Å². The van der Waals surface area contributed by atoms with Crippen molar-refractivity contribution in [2.75, 3.05) is 6.61 Å². The molecule has 144 valence electrons. The number of hydrogen-bond donors (Lipinski definition) is 0. The van der Waals surface area contributed by atoms with Crippen molar-refractivity contribution < 1.29 is 23.7 Å². The first-order chi connectivity index (χ1) is 11.4. The van der Waals surface area contributed by atoms with Gasteiger partial charge in [-0.25, -0.2) is 4.79 Å². The van der Waals surface area contributed by atoms with E-state index >= 15 is 0 Å². The van der Waals surface area contributed by atoms with E-state index in [0.29, 0.717) is 12.2 Å². The lowest BCUT2D eigenvalue weighted by atomic mass is 9.94. The molecule has 2 aliphatic rings. The van der Waals surface area contributed by atoms with Crippen LogP contribution in [0.15, 0.2) is 11.6 Å². The zero-order valence-electron chi connectivity index (χ0n) is 16.8. The Morgan fingerprint density at radius 3 is 2.32 bits per heavy atom. The van der Waals surface area contributed by atoms with E-state index in [1.54, 1.807) is 0 Å². The van der Waals surface area contributed by atoms with E-state index in [4.69, 9.17) is 18.9 Å². The van der Waals surface area contributed by atoms with Crippen molar-refractivity contribution in [2.45, 2.75) is 103 Å². The van der Waals surface area contributed by atoms with Crippen LogP contribution in [0.4, 0.5) is 4.79 Å². The molecule has 2 rings (SSSR count). The third-order valence-electron chi connectivity index (χ3n) is 4.93. The summed E-state index contributed by atoms with van der Waals surface area (Å²) in [6, 6.07) is 0. The first-order valence-electron chi connectivity index (χ1n) is 9.28. The Morgan fingerprint density at radius 1 is 1.12 bits per heavy atom. The summed E-state index contributed by atoms with van der Waals surface area (Å²) in [6.45, 7) is 14.2. The molecule has 25 heavy (non-hydrogen) atoms. The fourth-order valence-corrected chi connectivity index (χ4v) is 3.02. The highest BCUT2D eigenvalue weighted by molar-refractivity contribution is 5.60. The van der Waals surface area contributed by atoms with Crippen LogP contribution in [0, 0.1) is 0 Å². The highest BCUT2D eigenvalue weighted by Gasteiger charge is 2.54. The lowest BCUT2D eigenvalue weighted by Gasteiger charge is -2.18. The topological polar surface area (TPSA) is 60.6 Å². The third-order valence-corrected chi connectivity index (χ3v) is 4.93. The smallest absolute Gasteiger partial charge is 0.430 e. The highest BCUT2D eigenvalue weighted by atomic mass is 16.7. The van der Waals surface area contributed by atoms with Gasteiger partial charge in [-0.2, -0.15) is 0 Å². The van der Waals surface area contributed by atoms with Gasteiger partial charge in [-0.05, 0) is 80.2 Å². The molecular weight excluding hydrogens is 320 g/mol. The molecular formula is C20H34O5. The molecule has 0 aromatic carbocycles. The van der Waals surface area contributed by atoms with Gasteiger partial charge in [0.05, 0.1) is 23.4 Å². The minimum Gasteiger partial charge on any atom is -0.430 e. The lowest BCUT2D eigenvalue weighted by molar-refractivity contribution is -0.00248. The molecule has 5 nitrogen and oxygen atoms in total. The molecule has 2 saturated heterocycles. The van der Waals surface area contributed by atoms with Crippen LogP contribution in [0.25, 0.3) is 0 Å². The standard InChI is InChI=1S/C20H34O5/c1-14(11-13-22-17(21)25-18(2,3)4)8-9-16-20(7,24-16)12-10-15-19(5,6)23-15/h11,15-16H,8-10,12-13H2,1-7H3/b14-11+/t15-,16-,20-/m1/s1. The molecule has 0 aromatic rings. The van der Waals surface area contributed by atoms with Crippen LogP contribution in [-0.2, 0) is 18.9 Å². The van der Waals surface area contributed by atoms with Crippen molar-refractivity contribution in [3.8, 4) is 0 Å². The van der Waals surface area contributed by atoms with Gasteiger partial charge in [0, 0.05) is 0 Å². The summed E-state index contributed by atoms with van der Waals surface area (Å²) in [4.78, 5) is 11.5. The molecule has 0 spiro atoms. The number of carbonyl (C=O) groups is 1. The highest BCUT2D eigenvalue weighted by Crippen LogP contribution is 2.47. The van der Waals surface area contributed by atoms with E-state index in [0.717, 1.165) is 25.7 Å². The maximum atomic E-state index is 11.5. The second-order valence-corrected chi connectivity index (χ2v) is 9.03. The van der Waals surface area contributed by atoms with Gasteiger partial charge in [0.1, 0.15) is 12.2 Å². The van der Waals surface area contributed by atoms with Crippen LogP contribution in [0.5, 0.6) is 0 Å². The lowest BCUT2D eigenvalue weighted by Crippen LogP contribution is -2.24. The third kappa shape index (κ3) is 6.63. The Balaban J connectivity index is 1.59. The molecule has 0 saturated carbocycles. The number of ether oxygens (including phenoxy) is 4. The van der Waals surface area contributed by atoms with Gasteiger partial charge >= 0.3 is 6.16 Å². The van der Waals surface area contributed by atoms with E-state index in [2.05, 4.69) is 27.7 Å². The molecule has 0 aromatic heterocycles. The van der Waals surface area contributed by atoms with Crippen molar-refractivity contribution in [2.24, 2.45) is 0 Å². The Morgan fingerprint density at radius 2 is 1.76 bits per heavy atom. The molecule has 2 heterocycles. The van der Waals surface area contributed by atoms with Crippen LogP contribution in [0.2, 0.25) is 0 Å². The maximum absolute atomic E-state index is 11.5. The molecule has 0 unspecified atom stereocenters. The molecule has 0 radical (unpaired) electrons. The summed E-state index contributed by atoms with van der Waals surface area (Å²) in [7, 11) is 0. The van der Waals surface area contributed by atoms with E-state index in [1.165, 1.54) is 5.57 Å². The van der Waals surface area contributed by atoms with E-state index in [1.807, 2.05) is 26.8 Å². The fraction of sp³-hybridized carbons (Fsp3) is 0.850. The van der Waals surface area contributed by atoms with Crippen LogP contribution >= 0.6 is 0 Å². The average Bonchev–Trinajstić information content (AvgIpc) is 3.28. The molecule has 5 heteroatoms. The molecule has 0 N–H and O–H groups in total. The Bertz CT molecular complexity index is 517. The number of hydrogen-bond acceptors (Lipinski definition) is 5. The average molecular weight is 354 g/mol. The zero-order valence-corrected chi connectivity index (χ0v) is 16.8. The normalized spacial score (nSPS) is 30.8. The Kier molecular flexibility index (Phi) is 5.89. The fourth-order valence-electron chi connectivity index (χ4n) is 3.02. The van der Waals surface area contributed by atoms with Crippen LogP contribution in [0.3, 0.4) is 0 Å². The van der Waals surface area contributed by atoms with E-state index in [9.17, 15) is 4.79 Å². The molecule has 2 aliphatic heterocycles. The van der Waals surface area contributed by atoms with E-state index < -0.39 is 11.8 Å². The second-order valence-electron chi connectivity index (χ2n) is 9.03. The first kappa shape index (κ1) is 20.2. The Labute approximate surface area is 152 Å². The monoisotopic (exact) mass is 354 g/mol. The summed E-state index contributed by atoms with van der Waals surface area (Å²) >= 11 is 0. The van der Waals surface area contributed by atoms with Crippen molar-refractivity contribution in [1.29, 1.82) is 0 Å². The van der Waals surface area contributed by atoms with Crippen molar-refractivity contribution in [3.63, 3.8) is 0 Å². The van der Waals surface area contributed by atoms with Crippen LogP contribution < -0.4 is 0 Å². The van der Waals surface area contributed by atoms with Crippen molar-refractivity contribution >= 4 is 6.16 Å². The van der Waals surface area contributed by atoms with Crippen molar-refractivity contribution in [3.05, 3.63) is 11.6 Å². The second kappa shape index (κ2) is 7.28. The molecule has 0 aliphatic carbocycles. The molecule has 3 atom stereocenters. The molecule has 0 amide bonds. The number of rotatable bonds is 8. The number of epoxide rings is 2. The Hall–Kier alpha value is -1.07. The van der Waals surface area contributed by atoms with Crippen LogP contribution in [-0.4, -0.2) is 41.8 Å². The number of allylic oxidation sites excluding steroid dienone is 1. The maximum Gasteiger partial charge on any atom is 0.509 e. The van der Waals surface area contributed by atoms with Crippen LogP contribution in [0.1, 0.15) is 74.1 Å². The van der Waals surface area contributed by atoms with Gasteiger partial charge in [0.25, 0.3) is 0 Å². The summed E-state index contributed by atoms with van der Waals surface area (Å²) in [6.07, 6.45) is 6.09. The number of carbonyl (C=O) groups excluding carboxylic acids is 1. The summed E-state index contributed by atoms with van der Waals surface area (Å²) in [5.74, 6) is 0. The zero-order chi connectivity index (χ0) is 18.9. The van der Waals surface area contributed by atoms with Gasteiger partial charge in [-0.15, -0.1) is 0 Å². The first-order valence-corrected chi connectivity index (χ1v) is 9.28.